The standard InChI is InChI=1S/C19H22ClF2N3O2/c20-14-6-12(11-4-5-11)7-15-17(14)24-18(25(15)13-2-1-3-13)23-16(26)8-19(27,9-21)10-22/h6-7,11,13,27H,1-5,8-10H2,(H,23,24,26). The molecule has 27 heavy (non-hydrogen) atoms. The zero-order valence-electron chi connectivity index (χ0n) is 14.9. The van der Waals surface area contributed by atoms with Crippen LogP contribution in [0.1, 0.15) is 56.0 Å². The highest BCUT2D eigenvalue weighted by Gasteiger charge is 2.33. The van der Waals surface area contributed by atoms with Crippen molar-refractivity contribution in [2.45, 2.75) is 56.1 Å². The minimum atomic E-state index is -2.30. The molecular weight excluding hydrogens is 376 g/mol. The number of hydrogen-bond donors (Lipinski definition) is 2. The first-order valence-corrected chi connectivity index (χ1v) is 9.67. The van der Waals surface area contributed by atoms with Gasteiger partial charge in [-0.1, -0.05) is 11.6 Å². The van der Waals surface area contributed by atoms with Crippen molar-refractivity contribution in [2.24, 2.45) is 0 Å². The molecule has 1 aromatic heterocycles. The molecule has 4 rings (SSSR count). The van der Waals surface area contributed by atoms with Crippen LogP contribution in [-0.4, -0.2) is 39.5 Å². The van der Waals surface area contributed by atoms with Crippen molar-refractivity contribution in [2.75, 3.05) is 18.7 Å². The van der Waals surface area contributed by atoms with Gasteiger partial charge in [-0.15, -0.1) is 0 Å². The molecule has 0 aliphatic heterocycles. The molecule has 146 valence electrons. The topological polar surface area (TPSA) is 67.2 Å². The van der Waals surface area contributed by atoms with Crippen LogP contribution in [0.15, 0.2) is 12.1 Å². The van der Waals surface area contributed by atoms with Gasteiger partial charge in [0.15, 0.2) is 0 Å². The predicted molar refractivity (Wildman–Crippen MR) is 99.8 cm³/mol. The number of rotatable bonds is 7. The van der Waals surface area contributed by atoms with Crippen molar-refractivity contribution in [1.29, 1.82) is 0 Å². The lowest BCUT2D eigenvalue weighted by Crippen LogP contribution is -2.38. The number of alkyl halides is 2. The van der Waals surface area contributed by atoms with Gasteiger partial charge in [0.1, 0.15) is 24.5 Å². The Morgan fingerprint density at radius 1 is 1.30 bits per heavy atom. The van der Waals surface area contributed by atoms with Gasteiger partial charge in [-0.2, -0.15) is 0 Å². The number of benzene rings is 1. The zero-order chi connectivity index (χ0) is 19.2. The Kier molecular flexibility index (Phi) is 4.84. The van der Waals surface area contributed by atoms with Crippen molar-refractivity contribution in [3.63, 3.8) is 0 Å². The quantitative estimate of drug-likeness (QED) is 0.732. The average molecular weight is 398 g/mol. The average Bonchev–Trinajstić information content (AvgIpc) is 3.39. The molecule has 5 nitrogen and oxygen atoms in total. The Morgan fingerprint density at radius 3 is 2.56 bits per heavy atom. The normalized spacial score (nSPS) is 17.9. The SMILES string of the molecule is O=C(CC(O)(CF)CF)Nc1nc2c(Cl)cc(C3CC3)cc2n1C1CCC1. The number of nitrogens with zero attached hydrogens (tertiary/aromatic N) is 2. The van der Waals surface area contributed by atoms with Gasteiger partial charge in [-0.05, 0) is 55.7 Å². The molecule has 2 aliphatic carbocycles. The van der Waals surface area contributed by atoms with Crippen LogP contribution >= 0.6 is 11.6 Å². The van der Waals surface area contributed by atoms with E-state index in [0.717, 1.165) is 37.6 Å². The third-order valence-corrected chi connectivity index (χ3v) is 5.79. The Balaban J connectivity index is 1.69. The lowest BCUT2D eigenvalue weighted by molar-refractivity contribution is -0.122. The largest absolute Gasteiger partial charge is 0.384 e. The Bertz CT molecular complexity index is 873. The number of fused-ring (bicyclic) bond motifs is 1. The van der Waals surface area contributed by atoms with E-state index in [9.17, 15) is 18.7 Å². The van der Waals surface area contributed by atoms with Gasteiger partial charge >= 0.3 is 0 Å². The first-order valence-electron chi connectivity index (χ1n) is 9.29. The van der Waals surface area contributed by atoms with E-state index in [4.69, 9.17) is 11.6 Å². The fraction of sp³-hybridized carbons (Fsp3) is 0.579. The van der Waals surface area contributed by atoms with Crippen molar-refractivity contribution in [1.82, 2.24) is 9.55 Å². The van der Waals surface area contributed by atoms with E-state index in [2.05, 4.69) is 16.4 Å². The van der Waals surface area contributed by atoms with E-state index in [1.54, 1.807) is 0 Å². The van der Waals surface area contributed by atoms with Crippen molar-refractivity contribution in [3.05, 3.63) is 22.7 Å². The Labute approximate surface area is 160 Å². The summed E-state index contributed by atoms with van der Waals surface area (Å²) in [4.78, 5) is 16.8. The summed E-state index contributed by atoms with van der Waals surface area (Å²) in [6.45, 7) is -2.65. The maximum absolute atomic E-state index is 12.9. The summed E-state index contributed by atoms with van der Waals surface area (Å²) in [6.07, 6.45) is 4.66. The summed E-state index contributed by atoms with van der Waals surface area (Å²) in [5.41, 5.74) is 0.356. The molecule has 2 aromatic rings. The molecule has 2 N–H and O–H groups in total. The summed E-state index contributed by atoms with van der Waals surface area (Å²) in [6, 6.07) is 4.22. The van der Waals surface area contributed by atoms with Gasteiger partial charge in [0.05, 0.1) is 17.0 Å². The fourth-order valence-electron chi connectivity index (χ4n) is 3.53. The number of imidazole rings is 1. The molecule has 8 heteroatoms. The summed E-state index contributed by atoms with van der Waals surface area (Å²) >= 11 is 6.45. The third kappa shape index (κ3) is 3.55. The molecular formula is C19H22ClF2N3O2. The van der Waals surface area contributed by atoms with Crippen LogP contribution in [0.25, 0.3) is 11.0 Å². The van der Waals surface area contributed by atoms with Crippen LogP contribution in [0.2, 0.25) is 5.02 Å². The third-order valence-electron chi connectivity index (χ3n) is 5.50. The molecule has 0 radical (unpaired) electrons. The number of halogens is 3. The zero-order valence-corrected chi connectivity index (χ0v) is 15.6. The molecule has 0 bridgehead atoms. The van der Waals surface area contributed by atoms with Crippen LogP contribution in [0, 0.1) is 0 Å². The van der Waals surface area contributed by atoms with Crippen LogP contribution in [0.3, 0.4) is 0 Å². The molecule has 2 saturated carbocycles. The molecule has 0 unspecified atom stereocenters. The van der Waals surface area contributed by atoms with Gasteiger partial charge in [0.25, 0.3) is 0 Å². The maximum atomic E-state index is 12.9. The molecule has 0 atom stereocenters. The summed E-state index contributed by atoms with van der Waals surface area (Å²) in [5.74, 6) is 0.163. The van der Waals surface area contributed by atoms with Crippen molar-refractivity contribution >= 4 is 34.5 Å². The summed E-state index contributed by atoms with van der Waals surface area (Å²) in [7, 11) is 0. The van der Waals surface area contributed by atoms with E-state index >= 15 is 0 Å². The van der Waals surface area contributed by atoms with E-state index in [1.165, 1.54) is 5.56 Å². The fourth-order valence-corrected chi connectivity index (χ4v) is 3.79. The van der Waals surface area contributed by atoms with Crippen molar-refractivity contribution < 1.29 is 18.7 Å². The lowest BCUT2D eigenvalue weighted by atomic mass is 9.92. The first kappa shape index (κ1) is 18.6. The number of aliphatic hydroxyl groups is 1. The van der Waals surface area contributed by atoms with Gasteiger partial charge in [-0.3, -0.25) is 10.1 Å². The number of hydrogen-bond acceptors (Lipinski definition) is 3. The Morgan fingerprint density at radius 2 is 2.00 bits per heavy atom. The van der Waals surface area contributed by atoms with Gasteiger partial charge in [0, 0.05) is 6.04 Å². The maximum Gasteiger partial charge on any atom is 0.229 e. The number of amides is 1. The van der Waals surface area contributed by atoms with Gasteiger partial charge in [-0.25, -0.2) is 13.8 Å². The number of aromatic nitrogens is 2. The molecule has 2 aliphatic rings. The molecule has 1 heterocycles. The second-order valence-electron chi connectivity index (χ2n) is 7.75. The minimum absolute atomic E-state index is 0.206. The molecule has 1 aromatic carbocycles. The van der Waals surface area contributed by atoms with E-state index < -0.39 is 31.3 Å². The smallest absolute Gasteiger partial charge is 0.229 e. The molecule has 0 spiro atoms. The number of nitrogens with one attached hydrogen (secondary N) is 1. The van der Waals surface area contributed by atoms with Gasteiger partial charge < -0.3 is 9.67 Å². The van der Waals surface area contributed by atoms with E-state index in [1.807, 2.05) is 10.6 Å². The second kappa shape index (κ2) is 7.02. The van der Waals surface area contributed by atoms with Crippen LogP contribution < -0.4 is 5.32 Å². The number of anilines is 1. The highest BCUT2D eigenvalue weighted by molar-refractivity contribution is 6.35. The van der Waals surface area contributed by atoms with Crippen LogP contribution in [0.4, 0.5) is 14.7 Å². The number of carbonyl (C=O) groups excluding carboxylic acids is 1. The van der Waals surface area contributed by atoms with Crippen LogP contribution in [-0.2, 0) is 4.79 Å². The molecule has 0 saturated heterocycles. The molecule has 1 amide bonds. The summed E-state index contributed by atoms with van der Waals surface area (Å²) < 4.78 is 27.7. The van der Waals surface area contributed by atoms with Gasteiger partial charge in [0.2, 0.25) is 11.9 Å². The van der Waals surface area contributed by atoms with Crippen LogP contribution in [0.5, 0.6) is 0 Å². The predicted octanol–water partition coefficient (Wildman–Crippen LogP) is 4.29. The highest BCUT2D eigenvalue weighted by Crippen LogP contribution is 2.44. The van der Waals surface area contributed by atoms with Crippen molar-refractivity contribution in [3.8, 4) is 0 Å². The second-order valence-corrected chi connectivity index (χ2v) is 8.16. The summed E-state index contributed by atoms with van der Waals surface area (Å²) in [5, 5.41) is 12.9. The first-order chi connectivity index (χ1) is 12.9. The lowest BCUT2D eigenvalue weighted by Gasteiger charge is -2.29. The minimum Gasteiger partial charge on any atom is -0.384 e. The Hall–Kier alpha value is -1.73. The monoisotopic (exact) mass is 397 g/mol. The highest BCUT2D eigenvalue weighted by atomic mass is 35.5. The molecule has 2 fully saturated rings. The van der Waals surface area contributed by atoms with E-state index in [0.29, 0.717) is 22.4 Å². The van der Waals surface area contributed by atoms with E-state index in [-0.39, 0.29) is 6.04 Å². The number of carbonyl (C=O) groups is 1.